The Morgan fingerprint density at radius 2 is 2.20 bits per heavy atom. The van der Waals surface area contributed by atoms with E-state index in [0.29, 0.717) is 12.3 Å². The smallest absolute Gasteiger partial charge is 0.260 e. The molecule has 5 nitrogen and oxygen atoms in total. The van der Waals surface area contributed by atoms with Crippen LogP contribution in [0.4, 0.5) is 0 Å². The molecule has 1 rings (SSSR count). The molecule has 1 heterocycles. The number of nitrogens with two attached hydrogens (primary N) is 1. The molecule has 0 fully saturated rings. The molecule has 0 spiro atoms. The molecule has 3 N–H and O–H groups in total. The Morgan fingerprint density at radius 3 is 2.75 bits per heavy atom. The summed E-state index contributed by atoms with van der Waals surface area (Å²) >= 11 is 0. The quantitative estimate of drug-likeness (QED) is 0.758. The fourth-order valence-electron chi connectivity index (χ4n) is 1.66. The zero-order valence-electron chi connectivity index (χ0n) is 12.6. The highest BCUT2D eigenvalue weighted by atomic mass is 16.5. The number of nitrogens with one attached hydrogen (secondary N) is 1. The van der Waals surface area contributed by atoms with Crippen LogP contribution in [0.15, 0.2) is 18.3 Å². The normalized spacial score (nSPS) is 13.6. The van der Waals surface area contributed by atoms with Crippen LogP contribution in [0.3, 0.4) is 0 Å². The SMILES string of the molecule is CCCNC(=O)C(C)Oc1ccc(CC(N)CC)nc1. The van der Waals surface area contributed by atoms with Gasteiger partial charge in [0, 0.05) is 24.7 Å². The summed E-state index contributed by atoms with van der Waals surface area (Å²) < 4.78 is 5.55. The van der Waals surface area contributed by atoms with Crippen LogP contribution in [0.25, 0.3) is 0 Å². The van der Waals surface area contributed by atoms with E-state index >= 15 is 0 Å². The Morgan fingerprint density at radius 1 is 1.45 bits per heavy atom. The number of amides is 1. The van der Waals surface area contributed by atoms with Gasteiger partial charge in [0.1, 0.15) is 5.75 Å². The molecule has 0 saturated carbocycles. The molecule has 0 aromatic carbocycles. The molecule has 0 aliphatic heterocycles. The predicted octanol–water partition coefficient (Wildman–Crippen LogP) is 1.65. The summed E-state index contributed by atoms with van der Waals surface area (Å²) in [6.07, 6.45) is 3.71. The fraction of sp³-hybridized carbons (Fsp3) is 0.600. The lowest BCUT2D eigenvalue weighted by atomic mass is 10.1. The van der Waals surface area contributed by atoms with Gasteiger partial charge in [0.05, 0.1) is 6.20 Å². The maximum atomic E-state index is 11.7. The van der Waals surface area contributed by atoms with Crippen LogP contribution in [-0.4, -0.2) is 29.6 Å². The van der Waals surface area contributed by atoms with E-state index in [1.54, 1.807) is 13.1 Å². The third-order valence-electron chi connectivity index (χ3n) is 3.02. The number of hydrogen-bond donors (Lipinski definition) is 2. The van der Waals surface area contributed by atoms with Crippen molar-refractivity contribution in [2.75, 3.05) is 6.54 Å². The molecule has 0 radical (unpaired) electrons. The van der Waals surface area contributed by atoms with Crippen molar-refractivity contribution >= 4 is 5.91 Å². The van der Waals surface area contributed by atoms with E-state index in [0.717, 1.165) is 25.0 Å². The fourth-order valence-corrected chi connectivity index (χ4v) is 1.66. The van der Waals surface area contributed by atoms with Crippen LogP contribution in [0.2, 0.25) is 0 Å². The third kappa shape index (κ3) is 5.57. The molecular weight excluding hydrogens is 254 g/mol. The van der Waals surface area contributed by atoms with Crippen LogP contribution in [0.5, 0.6) is 5.75 Å². The first-order valence-electron chi connectivity index (χ1n) is 7.21. The Labute approximate surface area is 120 Å². The molecule has 112 valence electrons. The van der Waals surface area contributed by atoms with Gasteiger partial charge in [-0.25, -0.2) is 0 Å². The molecule has 2 unspecified atom stereocenters. The van der Waals surface area contributed by atoms with Gasteiger partial charge in [-0.2, -0.15) is 0 Å². The molecule has 0 aliphatic carbocycles. The van der Waals surface area contributed by atoms with Crippen molar-refractivity contribution in [1.82, 2.24) is 10.3 Å². The van der Waals surface area contributed by atoms with Gasteiger partial charge in [0.25, 0.3) is 5.91 Å². The minimum absolute atomic E-state index is 0.107. The Bertz CT molecular complexity index is 406. The number of hydrogen-bond acceptors (Lipinski definition) is 4. The van der Waals surface area contributed by atoms with Crippen molar-refractivity contribution in [2.45, 2.75) is 52.2 Å². The number of nitrogens with zero attached hydrogens (tertiary/aromatic N) is 1. The van der Waals surface area contributed by atoms with E-state index in [1.807, 2.05) is 19.1 Å². The lowest BCUT2D eigenvalue weighted by Gasteiger charge is -2.14. The summed E-state index contributed by atoms with van der Waals surface area (Å²) in [5.74, 6) is 0.488. The highest BCUT2D eigenvalue weighted by Gasteiger charge is 2.14. The van der Waals surface area contributed by atoms with Gasteiger partial charge in [-0.15, -0.1) is 0 Å². The molecule has 0 bridgehead atoms. The van der Waals surface area contributed by atoms with E-state index in [2.05, 4.69) is 17.2 Å². The van der Waals surface area contributed by atoms with Crippen LogP contribution >= 0.6 is 0 Å². The van der Waals surface area contributed by atoms with Crippen LogP contribution < -0.4 is 15.8 Å². The number of rotatable bonds is 8. The van der Waals surface area contributed by atoms with Crippen LogP contribution in [0, 0.1) is 0 Å². The van der Waals surface area contributed by atoms with Crippen molar-refractivity contribution in [1.29, 1.82) is 0 Å². The number of pyridine rings is 1. The van der Waals surface area contributed by atoms with Crippen molar-refractivity contribution in [2.24, 2.45) is 5.73 Å². The van der Waals surface area contributed by atoms with Gasteiger partial charge < -0.3 is 15.8 Å². The molecule has 5 heteroatoms. The largest absolute Gasteiger partial charge is 0.479 e. The van der Waals surface area contributed by atoms with Gasteiger partial charge in [-0.05, 0) is 31.9 Å². The average Bonchev–Trinajstić information content (AvgIpc) is 2.46. The monoisotopic (exact) mass is 279 g/mol. The molecular formula is C15H25N3O2. The molecule has 1 aromatic heterocycles. The maximum Gasteiger partial charge on any atom is 0.260 e. The Kier molecular flexibility index (Phi) is 7.01. The lowest BCUT2D eigenvalue weighted by Crippen LogP contribution is -2.36. The van der Waals surface area contributed by atoms with Crippen molar-refractivity contribution in [3.8, 4) is 5.75 Å². The molecule has 0 aliphatic rings. The number of ether oxygens (including phenoxy) is 1. The molecule has 20 heavy (non-hydrogen) atoms. The highest BCUT2D eigenvalue weighted by molar-refractivity contribution is 5.80. The topological polar surface area (TPSA) is 77.2 Å². The standard InChI is InChI=1S/C15H25N3O2/c1-4-8-17-15(19)11(3)20-14-7-6-13(18-10-14)9-12(16)5-2/h6-7,10-12H,4-5,8-9,16H2,1-3H3,(H,17,19). The molecule has 1 amide bonds. The van der Waals surface area contributed by atoms with E-state index in [9.17, 15) is 4.79 Å². The Balaban J connectivity index is 2.50. The summed E-state index contributed by atoms with van der Waals surface area (Å²) in [5.41, 5.74) is 6.83. The van der Waals surface area contributed by atoms with Crippen molar-refractivity contribution in [3.05, 3.63) is 24.0 Å². The van der Waals surface area contributed by atoms with Crippen LogP contribution in [0.1, 0.15) is 39.3 Å². The van der Waals surface area contributed by atoms with Crippen molar-refractivity contribution < 1.29 is 9.53 Å². The summed E-state index contributed by atoms with van der Waals surface area (Å²) in [4.78, 5) is 16.0. The van der Waals surface area contributed by atoms with E-state index in [1.165, 1.54) is 0 Å². The second-order valence-electron chi connectivity index (χ2n) is 4.91. The summed E-state index contributed by atoms with van der Waals surface area (Å²) in [5, 5.41) is 2.80. The summed E-state index contributed by atoms with van der Waals surface area (Å²) in [7, 11) is 0. The Hall–Kier alpha value is -1.62. The first-order chi connectivity index (χ1) is 9.56. The summed E-state index contributed by atoms with van der Waals surface area (Å²) in [6.45, 7) is 6.46. The average molecular weight is 279 g/mol. The summed E-state index contributed by atoms with van der Waals surface area (Å²) in [6, 6.07) is 3.85. The van der Waals surface area contributed by atoms with E-state index in [-0.39, 0.29) is 11.9 Å². The third-order valence-corrected chi connectivity index (χ3v) is 3.02. The number of aromatic nitrogens is 1. The molecule has 2 atom stereocenters. The van der Waals surface area contributed by atoms with Gasteiger partial charge in [-0.1, -0.05) is 13.8 Å². The highest BCUT2D eigenvalue weighted by Crippen LogP contribution is 2.12. The van der Waals surface area contributed by atoms with Gasteiger partial charge in [0.2, 0.25) is 0 Å². The first kappa shape index (κ1) is 16.4. The minimum Gasteiger partial charge on any atom is -0.479 e. The molecule has 1 aromatic rings. The minimum atomic E-state index is -0.521. The van der Waals surface area contributed by atoms with E-state index in [4.69, 9.17) is 10.5 Å². The van der Waals surface area contributed by atoms with Gasteiger partial charge >= 0.3 is 0 Å². The lowest BCUT2D eigenvalue weighted by molar-refractivity contribution is -0.127. The predicted molar refractivity (Wildman–Crippen MR) is 79.6 cm³/mol. The van der Waals surface area contributed by atoms with Gasteiger partial charge in [-0.3, -0.25) is 9.78 Å². The second-order valence-corrected chi connectivity index (χ2v) is 4.91. The zero-order chi connectivity index (χ0) is 15.0. The maximum absolute atomic E-state index is 11.7. The van der Waals surface area contributed by atoms with Gasteiger partial charge in [0.15, 0.2) is 6.10 Å². The number of carbonyl (C=O) groups is 1. The first-order valence-corrected chi connectivity index (χ1v) is 7.21. The number of carbonyl (C=O) groups excluding carboxylic acids is 1. The zero-order valence-corrected chi connectivity index (χ0v) is 12.6. The van der Waals surface area contributed by atoms with Crippen molar-refractivity contribution in [3.63, 3.8) is 0 Å². The molecule has 0 saturated heterocycles. The second kappa shape index (κ2) is 8.53. The van der Waals surface area contributed by atoms with E-state index < -0.39 is 6.10 Å². The van der Waals surface area contributed by atoms with Crippen LogP contribution in [-0.2, 0) is 11.2 Å².